The van der Waals surface area contributed by atoms with Gasteiger partial charge in [-0.25, -0.2) is 8.42 Å². The SMILES string of the molecule is Cc1ccc(N(CC(=O)N(Cc2ccc(Br)cc2)C(Cc2ccccc2)C(=O)NC(C)(C)C)S(C)(=O)=O)c(C)c1. The number of sulfonamides is 1. The topological polar surface area (TPSA) is 86.8 Å². The molecule has 0 aliphatic carbocycles. The molecule has 0 radical (unpaired) electrons. The zero-order valence-corrected chi connectivity index (χ0v) is 26.3. The van der Waals surface area contributed by atoms with Crippen molar-refractivity contribution < 1.29 is 18.0 Å². The Labute approximate surface area is 246 Å². The molecular formula is C31H38BrN3O4S. The zero-order chi connectivity index (χ0) is 29.7. The Morgan fingerprint density at radius 3 is 2.10 bits per heavy atom. The number of amides is 2. The average molecular weight is 629 g/mol. The highest BCUT2D eigenvalue weighted by Gasteiger charge is 2.34. The molecule has 0 fully saturated rings. The van der Waals surface area contributed by atoms with E-state index in [2.05, 4.69) is 21.2 Å². The molecule has 1 N–H and O–H groups in total. The minimum atomic E-state index is -3.81. The summed E-state index contributed by atoms with van der Waals surface area (Å²) in [6, 6.07) is 21.5. The van der Waals surface area contributed by atoms with Gasteiger partial charge in [-0.05, 0) is 69.5 Å². The number of hydrogen-bond donors (Lipinski definition) is 1. The molecule has 7 nitrogen and oxygen atoms in total. The summed E-state index contributed by atoms with van der Waals surface area (Å²) in [7, 11) is -3.81. The van der Waals surface area contributed by atoms with Crippen molar-refractivity contribution in [1.82, 2.24) is 10.2 Å². The number of nitrogens with zero attached hydrogens (tertiary/aromatic N) is 2. The second-order valence-electron chi connectivity index (χ2n) is 11.2. The minimum Gasteiger partial charge on any atom is -0.350 e. The Morgan fingerprint density at radius 2 is 1.55 bits per heavy atom. The minimum absolute atomic E-state index is 0.131. The number of carbonyl (C=O) groups is 2. The molecule has 0 aliphatic rings. The highest BCUT2D eigenvalue weighted by atomic mass is 79.9. The van der Waals surface area contributed by atoms with E-state index in [4.69, 9.17) is 0 Å². The van der Waals surface area contributed by atoms with Gasteiger partial charge in [-0.15, -0.1) is 0 Å². The first-order valence-corrected chi connectivity index (χ1v) is 15.7. The van der Waals surface area contributed by atoms with Crippen molar-refractivity contribution in [2.24, 2.45) is 0 Å². The van der Waals surface area contributed by atoms with Crippen LogP contribution in [0.2, 0.25) is 0 Å². The van der Waals surface area contributed by atoms with Crippen LogP contribution in [0.3, 0.4) is 0 Å². The second kappa shape index (κ2) is 13.0. The predicted octanol–water partition coefficient (Wildman–Crippen LogP) is 5.39. The molecule has 0 spiro atoms. The van der Waals surface area contributed by atoms with Crippen LogP contribution in [0, 0.1) is 13.8 Å². The maximum Gasteiger partial charge on any atom is 0.244 e. The Bertz CT molecular complexity index is 1440. The first-order valence-electron chi connectivity index (χ1n) is 13.1. The summed E-state index contributed by atoms with van der Waals surface area (Å²) in [6.45, 7) is 9.10. The van der Waals surface area contributed by atoms with Crippen LogP contribution in [0.25, 0.3) is 0 Å². The van der Waals surface area contributed by atoms with Gasteiger partial charge in [-0.1, -0.05) is 76.1 Å². The molecule has 0 bridgehead atoms. The molecule has 0 saturated carbocycles. The van der Waals surface area contributed by atoms with Gasteiger partial charge in [-0.2, -0.15) is 0 Å². The molecule has 1 atom stereocenters. The van der Waals surface area contributed by atoms with Crippen LogP contribution in [-0.2, 0) is 32.6 Å². The molecule has 9 heteroatoms. The number of halogens is 1. The Morgan fingerprint density at radius 1 is 0.925 bits per heavy atom. The van der Waals surface area contributed by atoms with Gasteiger partial charge >= 0.3 is 0 Å². The Balaban J connectivity index is 2.09. The molecule has 0 heterocycles. The molecule has 3 aromatic carbocycles. The van der Waals surface area contributed by atoms with Gasteiger partial charge in [0.1, 0.15) is 12.6 Å². The fourth-order valence-electron chi connectivity index (χ4n) is 4.47. The van der Waals surface area contributed by atoms with Crippen LogP contribution in [0.5, 0.6) is 0 Å². The van der Waals surface area contributed by atoms with E-state index in [0.29, 0.717) is 5.69 Å². The molecule has 0 saturated heterocycles. The third kappa shape index (κ3) is 8.93. The van der Waals surface area contributed by atoms with Crippen molar-refractivity contribution in [3.05, 3.63) is 99.5 Å². The summed E-state index contributed by atoms with van der Waals surface area (Å²) in [5.41, 5.74) is 3.33. The Kier molecular flexibility index (Phi) is 10.2. The summed E-state index contributed by atoms with van der Waals surface area (Å²) in [6.07, 6.45) is 1.36. The number of hydrogen-bond acceptors (Lipinski definition) is 4. The van der Waals surface area contributed by atoms with Gasteiger partial charge in [0, 0.05) is 23.0 Å². The van der Waals surface area contributed by atoms with Crippen LogP contribution in [0.4, 0.5) is 5.69 Å². The second-order valence-corrected chi connectivity index (χ2v) is 14.0. The molecule has 214 valence electrons. The van der Waals surface area contributed by atoms with E-state index in [-0.39, 0.29) is 18.9 Å². The van der Waals surface area contributed by atoms with E-state index >= 15 is 0 Å². The number of anilines is 1. The highest BCUT2D eigenvalue weighted by molar-refractivity contribution is 9.10. The molecule has 2 amide bonds. The van der Waals surface area contributed by atoms with Crippen molar-refractivity contribution in [2.45, 2.75) is 59.2 Å². The standard InChI is InChI=1S/C31H38BrN3O4S/c1-22-12-17-27(23(2)18-22)35(40(6,38)39)21-29(36)34(20-25-13-15-26(32)16-14-25)28(30(37)33-31(3,4)5)19-24-10-8-7-9-11-24/h7-18,28H,19-21H2,1-6H3,(H,33,37). The molecule has 3 rings (SSSR count). The van der Waals surface area contributed by atoms with Crippen LogP contribution in [0.15, 0.2) is 77.3 Å². The third-order valence-corrected chi connectivity index (χ3v) is 7.99. The van der Waals surface area contributed by atoms with E-state index in [1.54, 1.807) is 6.07 Å². The summed E-state index contributed by atoms with van der Waals surface area (Å²) in [4.78, 5) is 29.4. The van der Waals surface area contributed by atoms with Gasteiger partial charge in [0.15, 0.2) is 0 Å². The van der Waals surface area contributed by atoms with Gasteiger partial charge in [0.05, 0.1) is 11.9 Å². The van der Waals surface area contributed by atoms with Gasteiger partial charge < -0.3 is 10.2 Å². The summed E-state index contributed by atoms with van der Waals surface area (Å²) < 4.78 is 28.0. The number of rotatable bonds is 10. The Hall–Kier alpha value is -3.17. The number of benzene rings is 3. The number of aryl methyl sites for hydroxylation is 2. The molecular weight excluding hydrogens is 590 g/mol. The summed E-state index contributed by atoms with van der Waals surface area (Å²) >= 11 is 3.44. The van der Waals surface area contributed by atoms with Gasteiger partial charge in [-0.3, -0.25) is 13.9 Å². The van der Waals surface area contributed by atoms with E-state index in [1.165, 1.54) is 4.90 Å². The van der Waals surface area contributed by atoms with Crippen molar-refractivity contribution in [1.29, 1.82) is 0 Å². The number of carbonyl (C=O) groups excluding carboxylic acids is 2. The van der Waals surface area contributed by atoms with Crippen molar-refractivity contribution in [3.8, 4) is 0 Å². The van der Waals surface area contributed by atoms with E-state index in [9.17, 15) is 18.0 Å². The normalized spacial score (nSPS) is 12.5. The van der Waals surface area contributed by atoms with Crippen LogP contribution < -0.4 is 9.62 Å². The lowest BCUT2D eigenvalue weighted by Crippen LogP contribution is -2.56. The molecule has 0 aliphatic heterocycles. The van der Waals surface area contributed by atoms with Gasteiger partial charge in [0.2, 0.25) is 21.8 Å². The van der Waals surface area contributed by atoms with Crippen LogP contribution in [-0.4, -0.2) is 49.5 Å². The molecule has 1 unspecified atom stereocenters. The maximum absolute atomic E-state index is 14.2. The fraction of sp³-hybridized carbons (Fsp3) is 0.355. The van der Waals surface area contributed by atoms with E-state index in [1.807, 2.05) is 101 Å². The van der Waals surface area contributed by atoms with E-state index in [0.717, 1.165) is 37.3 Å². The first-order chi connectivity index (χ1) is 18.6. The highest BCUT2D eigenvalue weighted by Crippen LogP contribution is 2.25. The van der Waals surface area contributed by atoms with Crippen LogP contribution in [0.1, 0.15) is 43.0 Å². The monoisotopic (exact) mass is 627 g/mol. The lowest BCUT2D eigenvalue weighted by molar-refractivity contribution is -0.140. The smallest absolute Gasteiger partial charge is 0.244 e. The van der Waals surface area contributed by atoms with E-state index < -0.39 is 34.1 Å². The molecule has 40 heavy (non-hydrogen) atoms. The molecule has 3 aromatic rings. The quantitative estimate of drug-likeness (QED) is 0.327. The lowest BCUT2D eigenvalue weighted by Gasteiger charge is -2.35. The van der Waals surface area contributed by atoms with Crippen LogP contribution >= 0.6 is 15.9 Å². The lowest BCUT2D eigenvalue weighted by atomic mass is 10.0. The van der Waals surface area contributed by atoms with Crippen molar-refractivity contribution in [2.75, 3.05) is 17.1 Å². The largest absolute Gasteiger partial charge is 0.350 e. The van der Waals surface area contributed by atoms with Crippen molar-refractivity contribution in [3.63, 3.8) is 0 Å². The maximum atomic E-state index is 14.2. The predicted molar refractivity (Wildman–Crippen MR) is 165 cm³/mol. The summed E-state index contributed by atoms with van der Waals surface area (Å²) in [5, 5.41) is 3.03. The average Bonchev–Trinajstić information content (AvgIpc) is 2.85. The van der Waals surface area contributed by atoms with Crippen molar-refractivity contribution >= 4 is 43.5 Å². The first kappa shape index (κ1) is 31.4. The number of nitrogens with one attached hydrogen (secondary N) is 1. The van der Waals surface area contributed by atoms with Gasteiger partial charge in [0.25, 0.3) is 0 Å². The third-order valence-electron chi connectivity index (χ3n) is 6.34. The zero-order valence-electron chi connectivity index (χ0n) is 23.9. The molecule has 0 aromatic heterocycles. The summed E-state index contributed by atoms with van der Waals surface area (Å²) in [5.74, 6) is -0.780. The fourth-order valence-corrected chi connectivity index (χ4v) is 5.64.